The van der Waals surface area contributed by atoms with Crippen molar-refractivity contribution < 1.29 is 14.4 Å². The summed E-state index contributed by atoms with van der Waals surface area (Å²) in [6.45, 7) is 4.94. The van der Waals surface area contributed by atoms with Crippen LogP contribution in [0.15, 0.2) is 60.3 Å². The number of rotatable bonds is 4. The van der Waals surface area contributed by atoms with Crippen molar-refractivity contribution in [3.63, 3.8) is 0 Å². The molecule has 0 spiro atoms. The van der Waals surface area contributed by atoms with E-state index in [2.05, 4.69) is 0 Å². The first-order valence-corrected chi connectivity index (χ1v) is 10.0. The smallest absolute Gasteiger partial charge is 0.299 e. The molecule has 30 heavy (non-hydrogen) atoms. The first-order chi connectivity index (χ1) is 14.2. The summed E-state index contributed by atoms with van der Waals surface area (Å²) in [6, 6.07) is 13.8. The Morgan fingerprint density at radius 2 is 1.73 bits per heavy atom. The van der Waals surface area contributed by atoms with Crippen molar-refractivity contribution >= 4 is 40.6 Å². The van der Waals surface area contributed by atoms with Gasteiger partial charge in [0.05, 0.1) is 6.04 Å². The van der Waals surface area contributed by atoms with E-state index in [0.29, 0.717) is 17.1 Å². The van der Waals surface area contributed by atoms with Crippen molar-refractivity contribution in [2.45, 2.75) is 39.3 Å². The molecule has 0 saturated heterocycles. The Kier molecular flexibility index (Phi) is 6.27. The maximum Gasteiger partial charge on any atom is 0.299 e. The van der Waals surface area contributed by atoms with E-state index < -0.39 is 11.7 Å². The molecular weight excluding hydrogens is 402 g/mol. The Balaban J connectivity index is 2.07. The van der Waals surface area contributed by atoms with E-state index in [9.17, 15) is 14.4 Å². The van der Waals surface area contributed by atoms with Crippen molar-refractivity contribution in [1.82, 2.24) is 0 Å². The molecule has 2 N–H and O–H groups in total. The van der Waals surface area contributed by atoms with E-state index in [4.69, 9.17) is 17.3 Å². The van der Waals surface area contributed by atoms with Crippen molar-refractivity contribution in [2.24, 2.45) is 5.73 Å². The number of halogens is 1. The molecule has 6 nitrogen and oxygen atoms in total. The monoisotopic (exact) mass is 425 g/mol. The fourth-order valence-corrected chi connectivity index (χ4v) is 4.03. The normalized spacial score (nSPS) is 18.5. The number of allylic oxidation sites excluding steroid dienone is 1. The Morgan fingerprint density at radius 1 is 1.10 bits per heavy atom. The zero-order chi connectivity index (χ0) is 22.0. The van der Waals surface area contributed by atoms with Crippen LogP contribution in [0.4, 0.5) is 11.4 Å². The predicted octanol–water partition coefficient (Wildman–Crippen LogP) is 3.99. The van der Waals surface area contributed by atoms with E-state index in [1.165, 1.54) is 11.8 Å². The molecule has 0 fully saturated rings. The van der Waals surface area contributed by atoms with Gasteiger partial charge >= 0.3 is 0 Å². The third kappa shape index (κ3) is 4.24. The van der Waals surface area contributed by atoms with Crippen LogP contribution in [0.2, 0.25) is 5.02 Å². The third-order valence-electron chi connectivity index (χ3n) is 5.10. The van der Waals surface area contributed by atoms with Gasteiger partial charge in [-0.15, -0.1) is 0 Å². The molecule has 2 unspecified atom stereocenters. The molecule has 3 rings (SSSR count). The molecule has 0 radical (unpaired) electrons. The Bertz CT molecular complexity index is 1010. The topological polar surface area (TPSA) is 83.7 Å². The van der Waals surface area contributed by atoms with Crippen LogP contribution >= 0.6 is 11.6 Å². The summed E-state index contributed by atoms with van der Waals surface area (Å²) < 4.78 is 0. The zero-order valence-corrected chi connectivity index (χ0v) is 17.9. The number of carbonyl (C=O) groups excluding carboxylic acids is 3. The number of hydrogen-bond donors (Lipinski definition) is 1. The maximum absolute atomic E-state index is 12.9. The maximum atomic E-state index is 12.9. The van der Waals surface area contributed by atoms with E-state index in [1.807, 2.05) is 25.1 Å². The highest BCUT2D eigenvalue weighted by molar-refractivity contribution is 6.45. The molecule has 2 aromatic carbocycles. The number of para-hydroxylation sites is 1. The first-order valence-electron chi connectivity index (χ1n) is 9.66. The standard InChI is InChI=1S/C23H24ClN3O3/c1-14(25)12-22(29)23(30)26-15(2)13-21(19-6-4-5-7-20(19)26)27(16(3)28)18-10-8-17(24)9-11-18/h4-12,15,21H,13,25H2,1-3H3. The fraction of sp³-hybridized carbons (Fsp3) is 0.261. The number of hydrogen-bond acceptors (Lipinski definition) is 4. The quantitative estimate of drug-likeness (QED) is 0.593. The Hall–Kier alpha value is -3.12. The molecule has 0 bridgehead atoms. The van der Waals surface area contributed by atoms with Crippen molar-refractivity contribution in [3.8, 4) is 0 Å². The van der Waals surface area contributed by atoms with E-state index in [-0.39, 0.29) is 23.7 Å². The summed E-state index contributed by atoms with van der Waals surface area (Å²) in [5.74, 6) is -1.43. The lowest BCUT2D eigenvalue weighted by molar-refractivity contribution is -0.133. The van der Waals surface area contributed by atoms with Crippen molar-refractivity contribution in [2.75, 3.05) is 9.80 Å². The van der Waals surface area contributed by atoms with Crippen LogP contribution < -0.4 is 15.5 Å². The number of nitrogens with two attached hydrogens (primary N) is 1. The van der Waals surface area contributed by atoms with Gasteiger partial charge in [0.15, 0.2) is 0 Å². The van der Waals surface area contributed by atoms with E-state index in [0.717, 1.165) is 17.3 Å². The second kappa shape index (κ2) is 8.71. The molecule has 0 saturated carbocycles. The van der Waals surface area contributed by atoms with Gasteiger partial charge in [-0.05, 0) is 56.2 Å². The molecule has 7 heteroatoms. The van der Waals surface area contributed by atoms with Crippen LogP contribution in [-0.4, -0.2) is 23.6 Å². The summed E-state index contributed by atoms with van der Waals surface area (Å²) in [5, 5.41) is 0.582. The van der Waals surface area contributed by atoms with Crippen LogP contribution in [0.3, 0.4) is 0 Å². The van der Waals surface area contributed by atoms with Gasteiger partial charge in [0, 0.05) is 41.1 Å². The Labute approximate surface area is 180 Å². The average Bonchev–Trinajstić information content (AvgIpc) is 2.68. The van der Waals surface area contributed by atoms with E-state index in [1.54, 1.807) is 42.2 Å². The number of amides is 2. The second-order valence-corrected chi connectivity index (χ2v) is 7.89. The molecule has 2 atom stereocenters. The van der Waals surface area contributed by atoms with Crippen molar-refractivity contribution in [1.29, 1.82) is 0 Å². The minimum Gasteiger partial charge on any atom is -0.402 e. The largest absolute Gasteiger partial charge is 0.402 e. The first kappa shape index (κ1) is 21.6. The number of benzene rings is 2. The van der Waals surface area contributed by atoms with Gasteiger partial charge in [0.2, 0.25) is 11.7 Å². The minimum absolute atomic E-state index is 0.123. The summed E-state index contributed by atoms with van der Waals surface area (Å²) >= 11 is 6.01. The van der Waals surface area contributed by atoms with Gasteiger partial charge in [-0.1, -0.05) is 29.8 Å². The third-order valence-corrected chi connectivity index (χ3v) is 5.36. The molecule has 2 amide bonds. The summed E-state index contributed by atoms with van der Waals surface area (Å²) in [7, 11) is 0. The van der Waals surface area contributed by atoms with Gasteiger partial charge in [-0.2, -0.15) is 0 Å². The summed E-state index contributed by atoms with van der Waals surface area (Å²) in [5.41, 5.74) is 7.98. The number of ketones is 1. The summed E-state index contributed by atoms with van der Waals surface area (Å²) in [4.78, 5) is 41.1. The lowest BCUT2D eigenvalue weighted by atomic mass is 9.89. The summed E-state index contributed by atoms with van der Waals surface area (Å²) in [6.07, 6.45) is 1.61. The lowest BCUT2D eigenvalue weighted by Gasteiger charge is -2.43. The number of fused-ring (bicyclic) bond motifs is 1. The van der Waals surface area contributed by atoms with Crippen LogP contribution in [0.5, 0.6) is 0 Å². The number of carbonyl (C=O) groups is 3. The van der Waals surface area contributed by atoms with Crippen LogP contribution in [0.25, 0.3) is 0 Å². The zero-order valence-electron chi connectivity index (χ0n) is 17.1. The average molecular weight is 426 g/mol. The molecule has 1 heterocycles. The highest BCUT2D eigenvalue weighted by Crippen LogP contribution is 2.42. The molecular formula is C23H24ClN3O3. The molecule has 1 aliphatic heterocycles. The molecule has 156 valence electrons. The lowest BCUT2D eigenvalue weighted by Crippen LogP contribution is -2.49. The fourth-order valence-electron chi connectivity index (χ4n) is 3.91. The van der Waals surface area contributed by atoms with Gasteiger partial charge in [-0.3, -0.25) is 14.4 Å². The SMILES string of the molecule is CC(=O)N(c1ccc(Cl)cc1)C1CC(C)N(C(=O)C(=O)C=C(C)N)c2ccccc21. The molecule has 2 aromatic rings. The second-order valence-electron chi connectivity index (χ2n) is 7.45. The van der Waals surface area contributed by atoms with Gasteiger partial charge in [-0.25, -0.2) is 0 Å². The number of anilines is 2. The van der Waals surface area contributed by atoms with Crippen LogP contribution in [0.1, 0.15) is 38.8 Å². The minimum atomic E-state index is -0.670. The molecule has 0 aromatic heterocycles. The van der Waals surface area contributed by atoms with E-state index >= 15 is 0 Å². The highest BCUT2D eigenvalue weighted by atomic mass is 35.5. The predicted molar refractivity (Wildman–Crippen MR) is 118 cm³/mol. The Morgan fingerprint density at radius 3 is 2.33 bits per heavy atom. The highest BCUT2D eigenvalue weighted by Gasteiger charge is 2.39. The number of nitrogens with zero attached hydrogens (tertiary/aromatic N) is 2. The van der Waals surface area contributed by atoms with Gasteiger partial charge in [0.25, 0.3) is 5.91 Å². The van der Waals surface area contributed by atoms with Crippen LogP contribution in [-0.2, 0) is 14.4 Å². The van der Waals surface area contributed by atoms with Crippen molar-refractivity contribution in [3.05, 3.63) is 70.9 Å². The van der Waals surface area contributed by atoms with Gasteiger partial charge in [0.1, 0.15) is 0 Å². The molecule has 0 aliphatic carbocycles. The molecule has 1 aliphatic rings. The van der Waals surface area contributed by atoms with Gasteiger partial charge < -0.3 is 15.5 Å². The van der Waals surface area contributed by atoms with Crippen LogP contribution in [0, 0.1) is 0 Å².